The molecule has 1 aliphatic rings. The number of hydrogen-bond acceptors (Lipinski definition) is 5. The van der Waals surface area contributed by atoms with Gasteiger partial charge in [-0.15, -0.1) is 11.3 Å². The van der Waals surface area contributed by atoms with Gasteiger partial charge in [-0.2, -0.15) is 4.31 Å². The van der Waals surface area contributed by atoms with E-state index in [1.807, 2.05) is 24.3 Å². The van der Waals surface area contributed by atoms with Gasteiger partial charge in [0.1, 0.15) is 22.1 Å². The Morgan fingerprint density at radius 2 is 1.79 bits per heavy atom. The highest BCUT2D eigenvalue weighted by Crippen LogP contribution is 2.27. The molecule has 29 heavy (non-hydrogen) atoms. The van der Waals surface area contributed by atoms with Gasteiger partial charge in [0.25, 0.3) is 5.91 Å². The molecule has 2 aromatic rings. The molecule has 0 bridgehead atoms. The first kappa shape index (κ1) is 21.8. The molecule has 158 valence electrons. The van der Waals surface area contributed by atoms with E-state index in [9.17, 15) is 13.2 Å². The second-order valence-corrected chi connectivity index (χ2v) is 10.9. The van der Waals surface area contributed by atoms with E-state index in [0.29, 0.717) is 26.2 Å². The first-order valence-electron chi connectivity index (χ1n) is 9.79. The number of hydrogen-bond donors (Lipinski definition) is 1. The fraction of sp³-hybridized carbons (Fsp3) is 0.476. The number of benzene rings is 1. The lowest BCUT2D eigenvalue weighted by Crippen LogP contribution is -2.31. The highest BCUT2D eigenvalue weighted by Gasteiger charge is 2.31. The van der Waals surface area contributed by atoms with Crippen molar-refractivity contribution >= 4 is 27.3 Å². The Morgan fingerprint density at radius 3 is 2.41 bits per heavy atom. The molecule has 0 aliphatic carbocycles. The number of nitrogens with zero attached hydrogens (tertiary/aromatic N) is 1. The molecule has 2 heterocycles. The summed E-state index contributed by atoms with van der Waals surface area (Å²) in [5, 5.41) is 4.40. The Balaban J connectivity index is 1.54. The van der Waals surface area contributed by atoms with Crippen molar-refractivity contribution in [3.8, 4) is 5.75 Å². The summed E-state index contributed by atoms with van der Waals surface area (Å²) in [4.78, 5) is 12.8. The highest BCUT2D eigenvalue weighted by atomic mass is 32.2. The van der Waals surface area contributed by atoms with E-state index in [2.05, 4.69) is 26.1 Å². The molecule has 1 saturated heterocycles. The molecule has 6 nitrogen and oxygen atoms in total. The van der Waals surface area contributed by atoms with Crippen LogP contribution in [0.25, 0.3) is 0 Å². The number of rotatable bonds is 7. The van der Waals surface area contributed by atoms with Crippen molar-refractivity contribution < 1.29 is 17.9 Å². The van der Waals surface area contributed by atoms with Crippen molar-refractivity contribution in [3.63, 3.8) is 0 Å². The van der Waals surface area contributed by atoms with Gasteiger partial charge in [0.05, 0.1) is 6.54 Å². The largest absolute Gasteiger partial charge is 0.492 e. The predicted octanol–water partition coefficient (Wildman–Crippen LogP) is 3.64. The summed E-state index contributed by atoms with van der Waals surface area (Å²) in [6, 6.07) is 9.43. The van der Waals surface area contributed by atoms with Crippen LogP contribution >= 0.6 is 11.3 Å². The third kappa shape index (κ3) is 5.18. The monoisotopic (exact) mass is 436 g/mol. The molecule has 0 atom stereocenters. The summed E-state index contributed by atoms with van der Waals surface area (Å²) in [5.41, 5.74) is 1.31. The van der Waals surface area contributed by atoms with E-state index in [1.54, 1.807) is 5.38 Å². The maximum absolute atomic E-state index is 12.8. The van der Waals surface area contributed by atoms with Gasteiger partial charge in [-0.1, -0.05) is 32.9 Å². The first-order chi connectivity index (χ1) is 13.7. The summed E-state index contributed by atoms with van der Waals surface area (Å²) in [6.45, 7) is 8.09. The smallest absolute Gasteiger partial charge is 0.262 e. The van der Waals surface area contributed by atoms with E-state index < -0.39 is 10.0 Å². The average molecular weight is 437 g/mol. The Bertz CT molecular complexity index is 938. The summed E-state index contributed by atoms with van der Waals surface area (Å²) in [7, 11) is -3.61. The normalized spacial score (nSPS) is 15.4. The molecule has 0 radical (unpaired) electrons. The second kappa shape index (κ2) is 8.85. The summed E-state index contributed by atoms with van der Waals surface area (Å²) >= 11 is 1.14. The van der Waals surface area contributed by atoms with E-state index in [1.165, 1.54) is 15.9 Å². The van der Waals surface area contributed by atoms with Gasteiger partial charge in [-0.3, -0.25) is 4.79 Å². The fourth-order valence-corrected chi connectivity index (χ4v) is 6.03. The van der Waals surface area contributed by atoms with Gasteiger partial charge in [-0.05, 0) is 47.4 Å². The number of thiophene rings is 1. The second-order valence-electron chi connectivity index (χ2n) is 8.10. The molecular formula is C21H28N2O4S2. The zero-order chi connectivity index (χ0) is 21.1. The average Bonchev–Trinajstić information content (AvgIpc) is 3.37. The molecule has 1 aromatic heterocycles. The minimum Gasteiger partial charge on any atom is -0.492 e. The van der Waals surface area contributed by atoms with E-state index in [0.717, 1.165) is 29.9 Å². The van der Waals surface area contributed by atoms with Crippen LogP contribution in [0, 0.1) is 0 Å². The van der Waals surface area contributed by atoms with Crippen LogP contribution in [0.15, 0.2) is 40.6 Å². The molecule has 1 N–H and O–H groups in total. The summed E-state index contributed by atoms with van der Waals surface area (Å²) < 4.78 is 32.7. The number of nitrogens with one attached hydrogen (secondary N) is 1. The van der Waals surface area contributed by atoms with Crippen LogP contribution in [0.2, 0.25) is 0 Å². The van der Waals surface area contributed by atoms with Crippen molar-refractivity contribution in [1.82, 2.24) is 9.62 Å². The fourth-order valence-electron chi connectivity index (χ4n) is 3.20. The standard InChI is InChI=1S/C21H28N2O4S2/c1-21(2,3)16-6-8-17(9-7-16)27-14-11-22-20(24)19-18(10-15-28-19)29(25,26)23-12-4-5-13-23/h6-10,15H,4-5,11-14H2,1-3H3,(H,22,24). The predicted molar refractivity (Wildman–Crippen MR) is 115 cm³/mol. The Morgan fingerprint density at radius 1 is 1.14 bits per heavy atom. The lowest BCUT2D eigenvalue weighted by Gasteiger charge is -2.19. The third-order valence-corrected chi connectivity index (χ3v) is 7.88. The van der Waals surface area contributed by atoms with Crippen LogP contribution in [0.3, 0.4) is 0 Å². The van der Waals surface area contributed by atoms with Gasteiger partial charge < -0.3 is 10.1 Å². The van der Waals surface area contributed by atoms with Gasteiger partial charge in [0.2, 0.25) is 10.0 Å². The summed E-state index contributed by atoms with van der Waals surface area (Å²) in [6.07, 6.45) is 1.72. The maximum Gasteiger partial charge on any atom is 0.262 e. The van der Waals surface area contributed by atoms with E-state index >= 15 is 0 Å². The quantitative estimate of drug-likeness (QED) is 0.673. The van der Waals surface area contributed by atoms with Crippen LogP contribution in [-0.4, -0.2) is 44.9 Å². The number of carbonyl (C=O) groups is 1. The molecule has 1 aromatic carbocycles. The van der Waals surface area contributed by atoms with Crippen LogP contribution in [-0.2, 0) is 15.4 Å². The van der Waals surface area contributed by atoms with Crippen molar-refractivity contribution in [2.75, 3.05) is 26.2 Å². The molecule has 0 unspecified atom stereocenters. The van der Waals surface area contributed by atoms with Gasteiger partial charge in [0.15, 0.2) is 0 Å². The Kier molecular flexibility index (Phi) is 6.65. The van der Waals surface area contributed by atoms with Crippen LogP contribution < -0.4 is 10.1 Å². The highest BCUT2D eigenvalue weighted by molar-refractivity contribution is 7.89. The Labute approximate surface area is 176 Å². The zero-order valence-electron chi connectivity index (χ0n) is 17.1. The van der Waals surface area contributed by atoms with Crippen molar-refractivity contribution in [2.45, 2.75) is 43.9 Å². The Hall–Kier alpha value is -1.90. The van der Waals surface area contributed by atoms with Gasteiger partial charge in [-0.25, -0.2) is 8.42 Å². The van der Waals surface area contributed by atoms with E-state index in [-0.39, 0.29) is 21.1 Å². The molecule has 1 fully saturated rings. The lowest BCUT2D eigenvalue weighted by molar-refractivity contribution is 0.0948. The van der Waals surface area contributed by atoms with Crippen molar-refractivity contribution in [3.05, 3.63) is 46.2 Å². The number of carbonyl (C=O) groups excluding carboxylic acids is 1. The van der Waals surface area contributed by atoms with Crippen molar-refractivity contribution in [1.29, 1.82) is 0 Å². The maximum atomic E-state index is 12.8. The number of amides is 1. The molecule has 0 saturated carbocycles. The SMILES string of the molecule is CC(C)(C)c1ccc(OCCNC(=O)c2sccc2S(=O)(=O)N2CCCC2)cc1. The minimum atomic E-state index is -3.61. The lowest BCUT2D eigenvalue weighted by atomic mass is 9.87. The molecular weight excluding hydrogens is 408 g/mol. The number of ether oxygens (including phenoxy) is 1. The molecule has 3 rings (SSSR count). The third-order valence-electron chi connectivity index (χ3n) is 4.89. The molecule has 8 heteroatoms. The van der Waals surface area contributed by atoms with Gasteiger partial charge >= 0.3 is 0 Å². The molecule has 1 aliphatic heterocycles. The van der Waals surface area contributed by atoms with Gasteiger partial charge in [0, 0.05) is 13.1 Å². The van der Waals surface area contributed by atoms with Crippen LogP contribution in [0.5, 0.6) is 5.75 Å². The van der Waals surface area contributed by atoms with Crippen molar-refractivity contribution in [2.24, 2.45) is 0 Å². The minimum absolute atomic E-state index is 0.0837. The first-order valence-corrected chi connectivity index (χ1v) is 12.1. The number of sulfonamides is 1. The zero-order valence-corrected chi connectivity index (χ0v) is 18.7. The topological polar surface area (TPSA) is 75.7 Å². The van der Waals surface area contributed by atoms with Crippen LogP contribution in [0.4, 0.5) is 0 Å². The molecule has 1 amide bonds. The summed E-state index contributed by atoms with van der Waals surface area (Å²) in [5.74, 6) is 0.352. The van der Waals surface area contributed by atoms with E-state index in [4.69, 9.17) is 4.74 Å². The molecule has 0 spiro atoms. The van der Waals surface area contributed by atoms with Crippen LogP contribution in [0.1, 0.15) is 48.8 Å².